The van der Waals surface area contributed by atoms with Crippen molar-refractivity contribution in [1.82, 2.24) is 35.7 Å². The van der Waals surface area contributed by atoms with E-state index in [-0.39, 0.29) is 18.9 Å². The van der Waals surface area contributed by atoms with Gasteiger partial charge in [0.1, 0.15) is 12.1 Å². The maximum Gasteiger partial charge on any atom is 0.405 e. The topological polar surface area (TPSA) is 177 Å². The summed E-state index contributed by atoms with van der Waals surface area (Å²) in [6, 6.07) is 29.0. The van der Waals surface area contributed by atoms with Gasteiger partial charge in [-0.25, -0.2) is 9.59 Å². The number of benzene rings is 3. The van der Waals surface area contributed by atoms with Gasteiger partial charge in [0.2, 0.25) is 11.8 Å². The van der Waals surface area contributed by atoms with Crippen LogP contribution in [0.2, 0.25) is 0 Å². The van der Waals surface area contributed by atoms with E-state index in [0.29, 0.717) is 26.1 Å². The van der Waals surface area contributed by atoms with Gasteiger partial charge >= 0.3 is 12.1 Å². The molecule has 62 heavy (non-hydrogen) atoms. The van der Waals surface area contributed by atoms with Crippen LogP contribution < -0.4 is 16.0 Å². The number of nitrogens with zero attached hydrogens (tertiary/aromatic N) is 4. The number of rotatable bonds is 16. The average molecular weight is 842 g/mol. The lowest BCUT2D eigenvalue weighted by Gasteiger charge is -2.38. The molecule has 5 unspecified atom stereocenters. The van der Waals surface area contributed by atoms with Crippen molar-refractivity contribution in [3.05, 3.63) is 132 Å². The summed E-state index contributed by atoms with van der Waals surface area (Å²) < 4.78 is 0. The van der Waals surface area contributed by atoms with Gasteiger partial charge < -0.3 is 36.0 Å². The number of urea groups is 1. The zero-order valence-corrected chi connectivity index (χ0v) is 36.4. The Balaban J connectivity index is 1.25. The predicted molar refractivity (Wildman–Crippen MR) is 240 cm³/mol. The number of carbonyl (C=O) groups is 4. The Hall–Kier alpha value is -6.34. The second-order valence-corrected chi connectivity index (χ2v) is 18.3. The fourth-order valence-electron chi connectivity index (χ4n) is 8.26. The molecule has 1 saturated heterocycles. The molecule has 0 bridgehead atoms. The number of fused-ring (bicyclic) bond motifs is 1. The molecule has 13 heteroatoms. The molecule has 13 nitrogen and oxygen atoms in total. The third kappa shape index (κ3) is 11.5. The quantitative estimate of drug-likeness (QED) is 0.0718. The Morgan fingerprint density at radius 1 is 0.710 bits per heavy atom. The number of pyridine rings is 2. The molecule has 1 fully saturated rings. The number of aliphatic hydroxyl groups excluding tert-OH is 1. The molecule has 0 spiro atoms. The SMILES string of the molecule is CC(C)(C)C(NC(=O)O)C(=O)NC(Cc1ccc(-c2ccccn2)cc1)CC(O)C(Cc1ccccc1)NC(=O)C(N1CCN(Cc2ccnc3ccccc23)C1=O)C(C)(C)C. The highest BCUT2D eigenvalue weighted by atomic mass is 16.4. The minimum Gasteiger partial charge on any atom is -0.465 e. The van der Waals surface area contributed by atoms with Gasteiger partial charge in [0.25, 0.3) is 0 Å². The minimum atomic E-state index is -1.33. The third-order valence-electron chi connectivity index (χ3n) is 11.4. The van der Waals surface area contributed by atoms with Crippen LogP contribution in [0.15, 0.2) is 116 Å². The van der Waals surface area contributed by atoms with Crippen molar-refractivity contribution in [1.29, 1.82) is 0 Å². The summed E-state index contributed by atoms with van der Waals surface area (Å²) in [5.74, 6) is -0.929. The second-order valence-electron chi connectivity index (χ2n) is 18.3. The lowest BCUT2D eigenvalue weighted by atomic mass is 9.84. The van der Waals surface area contributed by atoms with Crippen molar-refractivity contribution in [2.75, 3.05) is 13.1 Å². The summed E-state index contributed by atoms with van der Waals surface area (Å²) in [6.45, 7) is 12.2. The molecule has 5 aromatic rings. The largest absolute Gasteiger partial charge is 0.465 e. The molecule has 3 heterocycles. The zero-order chi connectivity index (χ0) is 44.6. The highest BCUT2D eigenvalue weighted by molar-refractivity contribution is 5.89. The van der Waals surface area contributed by atoms with Crippen molar-refractivity contribution in [3.63, 3.8) is 0 Å². The van der Waals surface area contributed by atoms with Gasteiger partial charge in [-0.3, -0.25) is 19.6 Å². The fourth-order valence-corrected chi connectivity index (χ4v) is 8.26. The van der Waals surface area contributed by atoms with Crippen LogP contribution in [-0.4, -0.2) is 97.3 Å². The van der Waals surface area contributed by atoms with Gasteiger partial charge in [0.15, 0.2) is 0 Å². The molecule has 0 radical (unpaired) electrons. The molecule has 326 valence electrons. The normalized spacial score (nSPS) is 15.7. The maximum atomic E-state index is 14.7. The van der Waals surface area contributed by atoms with Crippen LogP contribution in [0, 0.1) is 10.8 Å². The fraction of sp³-hybridized carbons (Fsp3) is 0.388. The van der Waals surface area contributed by atoms with Gasteiger partial charge in [-0.15, -0.1) is 0 Å². The van der Waals surface area contributed by atoms with E-state index in [1.54, 1.807) is 43.0 Å². The number of hydrogen-bond acceptors (Lipinski definition) is 7. The Kier molecular flexibility index (Phi) is 14.3. The van der Waals surface area contributed by atoms with Crippen molar-refractivity contribution in [3.8, 4) is 11.3 Å². The van der Waals surface area contributed by atoms with Crippen molar-refractivity contribution < 1.29 is 29.4 Å². The number of hydrogen-bond donors (Lipinski definition) is 5. The molecular formula is C49H59N7O6. The van der Waals surface area contributed by atoms with Crippen molar-refractivity contribution >= 4 is 34.8 Å². The van der Waals surface area contributed by atoms with Crippen LogP contribution in [0.5, 0.6) is 0 Å². The van der Waals surface area contributed by atoms with E-state index in [0.717, 1.165) is 38.9 Å². The lowest BCUT2D eigenvalue weighted by Crippen LogP contribution is -2.59. The van der Waals surface area contributed by atoms with E-state index in [1.807, 2.05) is 124 Å². The lowest BCUT2D eigenvalue weighted by molar-refractivity contribution is -0.131. The number of amides is 5. The maximum absolute atomic E-state index is 14.7. The monoisotopic (exact) mass is 841 g/mol. The van der Waals surface area contributed by atoms with Gasteiger partial charge in [-0.1, -0.05) is 120 Å². The molecule has 6 rings (SSSR count). The standard InChI is InChI=1S/C49H59N7O6/c1-48(2,3)42(54-46(60)61)44(58)52-36(28-33-19-21-34(22-20-33)38-17-12-13-24-50-38)30-41(57)40(29-32-14-8-7-9-15-32)53-45(59)43(49(4,5)6)56-27-26-55(47(56)62)31-35-23-25-51-39-18-11-10-16-37(35)39/h7-25,36,40-43,54,57H,26-31H2,1-6H3,(H,52,58)(H,53,59)(H,60,61). The van der Waals surface area contributed by atoms with Gasteiger partial charge in [-0.05, 0) is 71.0 Å². The molecule has 0 aliphatic carbocycles. The number of aliphatic hydroxyl groups is 1. The van der Waals surface area contributed by atoms with E-state index in [4.69, 9.17) is 0 Å². The van der Waals surface area contributed by atoms with E-state index in [2.05, 4.69) is 25.9 Å². The minimum absolute atomic E-state index is 0.0198. The molecule has 5 N–H and O–H groups in total. The molecule has 0 saturated carbocycles. The average Bonchev–Trinajstić information content (AvgIpc) is 3.57. The van der Waals surface area contributed by atoms with E-state index >= 15 is 0 Å². The number of carboxylic acid groups (broad SMARTS) is 1. The van der Waals surface area contributed by atoms with Gasteiger partial charge in [0.05, 0.1) is 23.4 Å². The first-order valence-corrected chi connectivity index (χ1v) is 21.2. The van der Waals surface area contributed by atoms with E-state index < -0.39 is 59.0 Å². The Bertz CT molecular complexity index is 2310. The number of aromatic nitrogens is 2. The van der Waals surface area contributed by atoms with Crippen LogP contribution in [0.3, 0.4) is 0 Å². The van der Waals surface area contributed by atoms with Crippen LogP contribution in [-0.2, 0) is 29.0 Å². The van der Waals surface area contributed by atoms with Crippen LogP contribution in [0.1, 0.15) is 64.7 Å². The third-order valence-corrected chi connectivity index (χ3v) is 11.4. The zero-order valence-electron chi connectivity index (χ0n) is 36.4. The van der Waals surface area contributed by atoms with Crippen molar-refractivity contribution in [2.45, 2.75) is 97.6 Å². The number of para-hydroxylation sites is 1. The molecule has 1 aliphatic rings. The highest BCUT2D eigenvalue weighted by Gasteiger charge is 2.44. The molecule has 1 aliphatic heterocycles. The summed E-state index contributed by atoms with van der Waals surface area (Å²) in [5.41, 5.74) is 3.83. The molecule has 5 atom stereocenters. The van der Waals surface area contributed by atoms with Crippen LogP contribution in [0.25, 0.3) is 22.2 Å². The van der Waals surface area contributed by atoms with Crippen LogP contribution in [0.4, 0.5) is 9.59 Å². The molecular weight excluding hydrogens is 783 g/mol. The Labute approximate surface area is 364 Å². The van der Waals surface area contributed by atoms with E-state index in [1.165, 1.54) is 0 Å². The summed E-state index contributed by atoms with van der Waals surface area (Å²) in [7, 11) is 0. The van der Waals surface area contributed by atoms with E-state index in [9.17, 15) is 29.4 Å². The number of nitrogens with one attached hydrogen (secondary N) is 3. The Morgan fingerprint density at radius 3 is 2.05 bits per heavy atom. The summed E-state index contributed by atoms with van der Waals surface area (Å²) in [4.78, 5) is 66.9. The molecule has 2 aromatic heterocycles. The van der Waals surface area contributed by atoms with Crippen molar-refractivity contribution in [2.24, 2.45) is 10.8 Å². The number of carbonyl (C=O) groups excluding carboxylic acids is 3. The first-order valence-electron chi connectivity index (χ1n) is 21.2. The predicted octanol–water partition coefficient (Wildman–Crippen LogP) is 6.84. The van der Waals surface area contributed by atoms with Gasteiger partial charge in [-0.2, -0.15) is 0 Å². The first kappa shape index (κ1) is 45.2. The van der Waals surface area contributed by atoms with Crippen LogP contribution >= 0.6 is 0 Å². The molecule has 3 aromatic carbocycles. The second kappa shape index (κ2) is 19.6. The molecule has 5 amide bonds. The summed E-state index contributed by atoms with van der Waals surface area (Å²) >= 11 is 0. The highest BCUT2D eigenvalue weighted by Crippen LogP contribution is 2.30. The first-order chi connectivity index (χ1) is 29.5. The smallest absolute Gasteiger partial charge is 0.405 e. The summed E-state index contributed by atoms with van der Waals surface area (Å²) in [5, 5.41) is 31.4. The Morgan fingerprint density at radius 2 is 1.39 bits per heavy atom. The van der Waals surface area contributed by atoms with Gasteiger partial charge in [0, 0.05) is 49.0 Å². The summed E-state index contributed by atoms with van der Waals surface area (Å²) in [6.07, 6.45) is 1.55.